The Balaban J connectivity index is 2.03. The Kier molecular flexibility index (Phi) is 5.14. The molecule has 0 heterocycles. The first-order valence-corrected chi connectivity index (χ1v) is 8.78. The van der Waals surface area contributed by atoms with Crippen LogP contribution < -0.4 is 11.1 Å². The van der Waals surface area contributed by atoms with Crippen molar-refractivity contribution >= 4 is 29.1 Å². The van der Waals surface area contributed by atoms with E-state index in [1.807, 2.05) is 31.3 Å². The molecular weight excluding hydrogens is 343 g/mol. The Morgan fingerprint density at radius 2 is 1.92 bits per heavy atom. The molecular formula is C19H20Cl2N2O. The van der Waals surface area contributed by atoms with Crippen LogP contribution in [0.4, 0.5) is 0 Å². The number of hydrogen-bond acceptors (Lipinski definition) is 2. The fourth-order valence-corrected chi connectivity index (χ4v) is 3.88. The summed E-state index contributed by atoms with van der Waals surface area (Å²) in [6, 6.07) is 12.3. The molecule has 0 radical (unpaired) electrons. The molecule has 3 N–H and O–H groups in total. The number of nitrogens with one attached hydrogen (secondary N) is 1. The highest BCUT2D eigenvalue weighted by atomic mass is 35.5. The maximum atomic E-state index is 11.2. The molecule has 24 heavy (non-hydrogen) atoms. The number of primary amides is 1. The molecule has 3 rings (SSSR count). The van der Waals surface area contributed by atoms with E-state index >= 15 is 0 Å². The van der Waals surface area contributed by atoms with E-state index in [-0.39, 0.29) is 24.3 Å². The SMILES string of the molecule is CN[C@H]1CC[C@@H](c2ccc(Cl)c(Cl)c2)c2ccc(CC(N)=O)cc21. The summed E-state index contributed by atoms with van der Waals surface area (Å²) in [5, 5.41) is 4.52. The second kappa shape index (κ2) is 7.14. The van der Waals surface area contributed by atoms with Gasteiger partial charge in [-0.15, -0.1) is 0 Å². The number of rotatable bonds is 4. The van der Waals surface area contributed by atoms with Crippen molar-refractivity contribution in [2.45, 2.75) is 31.2 Å². The van der Waals surface area contributed by atoms with Gasteiger partial charge in [-0.05, 0) is 54.3 Å². The quantitative estimate of drug-likeness (QED) is 0.855. The normalized spacial score (nSPS) is 19.8. The van der Waals surface area contributed by atoms with E-state index in [4.69, 9.17) is 28.9 Å². The Morgan fingerprint density at radius 3 is 2.58 bits per heavy atom. The van der Waals surface area contributed by atoms with Crippen molar-refractivity contribution in [3.8, 4) is 0 Å². The number of benzene rings is 2. The first kappa shape index (κ1) is 17.3. The van der Waals surface area contributed by atoms with Crippen LogP contribution in [0.2, 0.25) is 10.0 Å². The van der Waals surface area contributed by atoms with E-state index in [2.05, 4.69) is 17.4 Å². The van der Waals surface area contributed by atoms with Crippen molar-refractivity contribution in [2.24, 2.45) is 5.73 Å². The Bertz CT molecular complexity index is 776. The van der Waals surface area contributed by atoms with Crippen LogP contribution in [-0.2, 0) is 11.2 Å². The molecule has 0 fully saturated rings. The van der Waals surface area contributed by atoms with E-state index in [1.165, 1.54) is 16.7 Å². The van der Waals surface area contributed by atoms with Gasteiger partial charge in [-0.25, -0.2) is 0 Å². The second-order valence-electron chi connectivity index (χ2n) is 6.25. The molecule has 0 unspecified atom stereocenters. The lowest BCUT2D eigenvalue weighted by atomic mass is 9.76. The van der Waals surface area contributed by atoms with Gasteiger partial charge in [0.05, 0.1) is 16.5 Å². The van der Waals surface area contributed by atoms with Crippen LogP contribution in [0.5, 0.6) is 0 Å². The van der Waals surface area contributed by atoms with Gasteiger partial charge in [-0.3, -0.25) is 4.79 Å². The van der Waals surface area contributed by atoms with E-state index < -0.39 is 0 Å². The van der Waals surface area contributed by atoms with Crippen molar-refractivity contribution in [3.63, 3.8) is 0 Å². The van der Waals surface area contributed by atoms with Crippen molar-refractivity contribution in [1.29, 1.82) is 0 Å². The lowest BCUT2D eigenvalue weighted by Gasteiger charge is -2.32. The van der Waals surface area contributed by atoms with Crippen molar-refractivity contribution < 1.29 is 4.79 Å². The van der Waals surface area contributed by atoms with E-state index in [9.17, 15) is 4.79 Å². The number of carbonyl (C=O) groups excluding carboxylic acids is 1. The van der Waals surface area contributed by atoms with Crippen molar-refractivity contribution in [1.82, 2.24) is 5.32 Å². The zero-order chi connectivity index (χ0) is 17.3. The molecule has 0 aromatic heterocycles. The van der Waals surface area contributed by atoms with Crippen LogP contribution in [0.15, 0.2) is 36.4 Å². The molecule has 126 valence electrons. The van der Waals surface area contributed by atoms with Crippen LogP contribution in [-0.4, -0.2) is 13.0 Å². The summed E-state index contributed by atoms with van der Waals surface area (Å²) in [4.78, 5) is 11.2. The predicted molar refractivity (Wildman–Crippen MR) is 98.7 cm³/mol. The lowest BCUT2D eigenvalue weighted by Crippen LogP contribution is -2.25. The van der Waals surface area contributed by atoms with E-state index in [0.717, 1.165) is 18.4 Å². The van der Waals surface area contributed by atoms with Gasteiger partial charge in [-0.1, -0.05) is 47.5 Å². The maximum absolute atomic E-state index is 11.2. The lowest BCUT2D eigenvalue weighted by molar-refractivity contribution is -0.117. The number of nitrogens with two attached hydrogens (primary N) is 1. The average molecular weight is 363 g/mol. The average Bonchev–Trinajstić information content (AvgIpc) is 2.55. The minimum atomic E-state index is -0.312. The Morgan fingerprint density at radius 1 is 1.12 bits per heavy atom. The molecule has 0 bridgehead atoms. The summed E-state index contributed by atoms with van der Waals surface area (Å²) in [5.74, 6) is -0.0326. The molecule has 0 spiro atoms. The monoisotopic (exact) mass is 362 g/mol. The van der Waals surface area contributed by atoms with Crippen LogP contribution in [0.3, 0.4) is 0 Å². The largest absolute Gasteiger partial charge is 0.369 e. The number of halogens is 2. The Labute approximate surface area is 152 Å². The molecule has 0 aliphatic heterocycles. The summed E-state index contributed by atoms with van der Waals surface area (Å²) in [6.45, 7) is 0. The highest BCUT2D eigenvalue weighted by Gasteiger charge is 2.28. The van der Waals surface area contributed by atoms with Crippen molar-refractivity contribution in [3.05, 3.63) is 68.7 Å². The third-order valence-electron chi connectivity index (χ3n) is 4.72. The molecule has 5 heteroatoms. The van der Waals surface area contributed by atoms with Crippen LogP contribution >= 0.6 is 23.2 Å². The highest BCUT2D eigenvalue weighted by molar-refractivity contribution is 6.42. The van der Waals surface area contributed by atoms with Gasteiger partial charge in [0.1, 0.15) is 0 Å². The number of hydrogen-bond donors (Lipinski definition) is 2. The minimum absolute atomic E-state index is 0.265. The zero-order valence-electron chi connectivity index (χ0n) is 13.5. The summed E-state index contributed by atoms with van der Waals surface area (Å²) >= 11 is 12.3. The fraction of sp³-hybridized carbons (Fsp3) is 0.316. The predicted octanol–water partition coefficient (Wildman–Crippen LogP) is 4.21. The molecule has 2 atom stereocenters. The van der Waals surface area contributed by atoms with Crippen molar-refractivity contribution in [2.75, 3.05) is 7.05 Å². The first-order chi connectivity index (χ1) is 11.5. The number of carbonyl (C=O) groups is 1. The minimum Gasteiger partial charge on any atom is -0.369 e. The molecule has 0 saturated heterocycles. The summed E-state index contributed by atoms with van der Waals surface area (Å²) in [7, 11) is 1.97. The summed E-state index contributed by atoms with van der Waals surface area (Å²) in [5.41, 5.74) is 9.96. The van der Waals surface area contributed by atoms with Gasteiger partial charge in [0, 0.05) is 12.0 Å². The highest BCUT2D eigenvalue weighted by Crippen LogP contribution is 2.42. The molecule has 2 aromatic rings. The standard InChI is InChI=1S/C19H20Cl2N2O/c1-23-18-7-5-13(12-3-6-16(20)17(21)10-12)14-4-2-11(8-15(14)18)9-19(22)24/h2-4,6,8,10,13,18,23H,5,7,9H2,1H3,(H2,22,24)/t13-,18-/m0/s1. The third kappa shape index (κ3) is 3.44. The number of fused-ring (bicyclic) bond motifs is 1. The fourth-order valence-electron chi connectivity index (χ4n) is 3.57. The van der Waals surface area contributed by atoms with Crippen LogP contribution in [0, 0.1) is 0 Å². The summed E-state index contributed by atoms with van der Waals surface area (Å²) < 4.78 is 0. The maximum Gasteiger partial charge on any atom is 0.221 e. The molecule has 2 aromatic carbocycles. The zero-order valence-corrected chi connectivity index (χ0v) is 15.0. The number of amides is 1. The van der Waals surface area contributed by atoms with E-state index in [0.29, 0.717) is 10.0 Å². The van der Waals surface area contributed by atoms with Crippen LogP contribution in [0.1, 0.15) is 47.1 Å². The van der Waals surface area contributed by atoms with E-state index in [1.54, 1.807) is 0 Å². The van der Waals surface area contributed by atoms with Gasteiger partial charge in [-0.2, -0.15) is 0 Å². The molecule has 0 saturated carbocycles. The van der Waals surface area contributed by atoms with Crippen LogP contribution in [0.25, 0.3) is 0 Å². The Hall–Kier alpha value is -1.55. The summed E-state index contributed by atoms with van der Waals surface area (Å²) in [6.07, 6.45) is 2.32. The molecule has 3 nitrogen and oxygen atoms in total. The van der Waals surface area contributed by atoms with Gasteiger partial charge >= 0.3 is 0 Å². The second-order valence-corrected chi connectivity index (χ2v) is 7.07. The van der Waals surface area contributed by atoms with Gasteiger partial charge in [0.2, 0.25) is 5.91 Å². The third-order valence-corrected chi connectivity index (χ3v) is 5.46. The topological polar surface area (TPSA) is 55.1 Å². The van der Waals surface area contributed by atoms with Gasteiger partial charge in [0.25, 0.3) is 0 Å². The van der Waals surface area contributed by atoms with Gasteiger partial charge in [0.15, 0.2) is 0 Å². The smallest absolute Gasteiger partial charge is 0.221 e. The van der Waals surface area contributed by atoms with Gasteiger partial charge < -0.3 is 11.1 Å². The first-order valence-electron chi connectivity index (χ1n) is 8.03. The molecule has 1 amide bonds. The molecule has 1 aliphatic carbocycles. The molecule has 1 aliphatic rings.